The van der Waals surface area contributed by atoms with Gasteiger partial charge in [0.1, 0.15) is 0 Å². The van der Waals surface area contributed by atoms with Gasteiger partial charge in [-0.1, -0.05) is 185 Å². The first-order chi connectivity index (χ1) is 26.8. The molecule has 1 heteroatoms. The van der Waals surface area contributed by atoms with Crippen molar-refractivity contribution >= 4 is 17.1 Å². The lowest BCUT2D eigenvalue weighted by Gasteiger charge is -2.30. The molecule has 0 amide bonds. The quantitative estimate of drug-likeness (QED) is 0.166. The summed E-state index contributed by atoms with van der Waals surface area (Å²) in [4.78, 5) is 2.48. The van der Waals surface area contributed by atoms with Crippen molar-refractivity contribution in [2.45, 2.75) is 38.5 Å². The topological polar surface area (TPSA) is 3.24 Å². The zero-order valence-electron chi connectivity index (χ0n) is 31.8. The van der Waals surface area contributed by atoms with Gasteiger partial charge in [-0.3, -0.25) is 0 Å². The van der Waals surface area contributed by atoms with Crippen molar-refractivity contribution in [1.29, 1.82) is 0 Å². The number of fused-ring (bicyclic) bond motifs is 6. The smallest absolute Gasteiger partial charge is 0.0543 e. The lowest BCUT2D eigenvalue weighted by atomic mass is 9.77. The van der Waals surface area contributed by atoms with Gasteiger partial charge in [0, 0.05) is 27.6 Å². The van der Waals surface area contributed by atoms with E-state index in [2.05, 4.69) is 221 Å². The van der Waals surface area contributed by atoms with E-state index in [4.69, 9.17) is 0 Å². The summed E-state index contributed by atoms with van der Waals surface area (Å²) in [6.07, 6.45) is 0. The maximum absolute atomic E-state index is 2.49. The molecule has 0 aliphatic heterocycles. The van der Waals surface area contributed by atoms with E-state index in [1.807, 2.05) is 0 Å². The van der Waals surface area contributed by atoms with Crippen LogP contribution in [0, 0.1) is 0 Å². The van der Waals surface area contributed by atoms with Gasteiger partial charge < -0.3 is 4.90 Å². The summed E-state index contributed by atoms with van der Waals surface area (Å²) in [5.41, 5.74) is 21.5. The number of hydrogen-bond donors (Lipinski definition) is 0. The Morgan fingerprint density at radius 2 is 0.873 bits per heavy atom. The lowest BCUT2D eigenvalue weighted by Crippen LogP contribution is -2.17. The zero-order chi connectivity index (χ0) is 37.3. The summed E-state index contributed by atoms with van der Waals surface area (Å²) in [7, 11) is 0. The van der Waals surface area contributed by atoms with Crippen LogP contribution >= 0.6 is 0 Å². The number of para-hydroxylation sites is 1. The molecule has 0 radical (unpaired) electrons. The number of benzene rings is 8. The SMILES string of the molecule is CC1(C)c2cc(-c3cccc4c3C(C)(C)c3ccccc3-4)ccc2-c2c(N(c3ccc(-c4ccccc4)cc3)c3ccccc3-c3ccccc3)cccc21. The Hall–Kier alpha value is -6.44. The largest absolute Gasteiger partial charge is 0.309 e. The number of nitrogens with zero attached hydrogens (tertiary/aromatic N) is 1. The van der Waals surface area contributed by atoms with E-state index in [1.54, 1.807) is 0 Å². The van der Waals surface area contributed by atoms with Gasteiger partial charge in [0.05, 0.1) is 11.4 Å². The first-order valence-corrected chi connectivity index (χ1v) is 19.4. The highest BCUT2D eigenvalue weighted by atomic mass is 15.1. The van der Waals surface area contributed by atoms with Crippen LogP contribution in [0.2, 0.25) is 0 Å². The minimum Gasteiger partial charge on any atom is -0.309 e. The zero-order valence-corrected chi connectivity index (χ0v) is 31.8. The molecule has 0 heterocycles. The minimum atomic E-state index is -0.199. The van der Waals surface area contributed by atoms with Gasteiger partial charge >= 0.3 is 0 Å². The second-order valence-corrected chi connectivity index (χ2v) is 16.1. The lowest BCUT2D eigenvalue weighted by molar-refractivity contribution is 0.659. The Labute approximate surface area is 325 Å². The summed E-state index contributed by atoms with van der Waals surface area (Å²) < 4.78 is 0. The molecule has 0 saturated carbocycles. The average Bonchev–Trinajstić information content (AvgIpc) is 3.62. The van der Waals surface area contributed by atoms with Crippen LogP contribution in [0.1, 0.15) is 49.9 Å². The Morgan fingerprint density at radius 1 is 0.327 bits per heavy atom. The molecule has 8 aromatic rings. The Bertz CT molecular complexity index is 2740. The van der Waals surface area contributed by atoms with Gasteiger partial charge in [-0.05, 0) is 97.1 Å². The number of anilines is 3. The molecule has 0 bridgehead atoms. The Balaban J connectivity index is 1.16. The minimum absolute atomic E-state index is 0.0874. The summed E-state index contributed by atoms with van der Waals surface area (Å²) in [6, 6.07) is 69.3. The molecule has 264 valence electrons. The highest BCUT2D eigenvalue weighted by molar-refractivity contribution is 5.99. The van der Waals surface area contributed by atoms with E-state index in [0.29, 0.717) is 0 Å². The van der Waals surface area contributed by atoms with E-state index in [-0.39, 0.29) is 10.8 Å². The van der Waals surface area contributed by atoms with Gasteiger partial charge in [-0.2, -0.15) is 0 Å². The highest BCUT2D eigenvalue weighted by Crippen LogP contribution is 2.57. The second kappa shape index (κ2) is 12.6. The van der Waals surface area contributed by atoms with Crippen molar-refractivity contribution < 1.29 is 0 Å². The predicted octanol–water partition coefficient (Wildman–Crippen LogP) is 14.8. The van der Waals surface area contributed by atoms with Crippen molar-refractivity contribution in [2.75, 3.05) is 4.90 Å². The van der Waals surface area contributed by atoms with E-state index in [0.717, 1.165) is 11.4 Å². The molecular formula is C54H43N. The van der Waals surface area contributed by atoms with Crippen LogP contribution in [0.25, 0.3) is 55.6 Å². The van der Waals surface area contributed by atoms with Crippen LogP contribution in [0.15, 0.2) is 188 Å². The Kier molecular flexibility index (Phi) is 7.58. The molecule has 8 aromatic carbocycles. The van der Waals surface area contributed by atoms with Crippen LogP contribution in [-0.2, 0) is 10.8 Å². The number of rotatable bonds is 6. The third-order valence-corrected chi connectivity index (χ3v) is 12.3. The van der Waals surface area contributed by atoms with Crippen LogP contribution in [0.3, 0.4) is 0 Å². The van der Waals surface area contributed by atoms with Crippen LogP contribution in [-0.4, -0.2) is 0 Å². The molecular weight excluding hydrogens is 663 g/mol. The van der Waals surface area contributed by atoms with Gasteiger partial charge in [0.2, 0.25) is 0 Å². The molecule has 2 aliphatic carbocycles. The molecule has 0 fully saturated rings. The molecule has 0 unspecified atom stereocenters. The first-order valence-electron chi connectivity index (χ1n) is 19.4. The maximum atomic E-state index is 2.49. The second-order valence-electron chi connectivity index (χ2n) is 16.1. The van der Waals surface area contributed by atoms with Crippen LogP contribution in [0.5, 0.6) is 0 Å². The van der Waals surface area contributed by atoms with Crippen molar-refractivity contribution in [1.82, 2.24) is 0 Å². The molecule has 10 rings (SSSR count). The van der Waals surface area contributed by atoms with Crippen molar-refractivity contribution in [3.05, 3.63) is 210 Å². The van der Waals surface area contributed by atoms with E-state index in [9.17, 15) is 0 Å². The van der Waals surface area contributed by atoms with E-state index in [1.165, 1.54) is 83.6 Å². The van der Waals surface area contributed by atoms with Crippen LogP contribution in [0.4, 0.5) is 17.1 Å². The van der Waals surface area contributed by atoms with Crippen molar-refractivity contribution in [2.24, 2.45) is 0 Å². The van der Waals surface area contributed by atoms with Gasteiger partial charge in [0.25, 0.3) is 0 Å². The predicted molar refractivity (Wildman–Crippen MR) is 233 cm³/mol. The van der Waals surface area contributed by atoms with E-state index < -0.39 is 0 Å². The fraction of sp³-hybridized carbons (Fsp3) is 0.111. The molecule has 0 aromatic heterocycles. The molecule has 0 spiro atoms. The molecule has 2 aliphatic rings. The van der Waals surface area contributed by atoms with Crippen LogP contribution < -0.4 is 4.90 Å². The van der Waals surface area contributed by atoms with Gasteiger partial charge in [0.15, 0.2) is 0 Å². The fourth-order valence-electron chi connectivity index (χ4n) is 9.58. The highest BCUT2D eigenvalue weighted by Gasteiger charge is 2.40. The van der Waals surface area contributed by atoms with Crippen molar-refractivity contribution in [3.63, 3.8) is 0 Å². The summed E-state index contributed by atoms with van der Waals surface area (Å²) in [5.74, 6) is 0. The summed E-state index contributed by atoms with van der Waals surface area (Å²) >= 11 is 0. The molecule has 0 N–H and O–H groups in total. The molecule has 0 saturated heterocycles. The molecule has 0 atom stereocenters. The summed E-state index contributed by atoms with van der Waals surface area (Å²) in [5, 5.41) is 0. The summed E-state index contributed by atoms with van der Waals surface area (Å²) in [6.45, 7) is 9.57. The fourth-order valence-corrected chi connectivity index (χ4v) is 9.58. The van der Waals surface area contributed by atoms with Gasteiger partial charge in [-0.15, -0.1) is 0 Å². The first kappa shape index (κ1) is 33.2. The third-order valence-electron chi connectivity index (χ3n) is 12.3. The van der Waals surface area contributed by atoms with Gasteiger partial charge in [-0.25, -0.2) is 0 Å². The molecule has 1 nitrogen and oxygen atoms in total. The number of hydrogen-bond acceptors (Lipinski definition) is 1. The average molecular weight is 706 g/mol. The van der Waals surface area contributed by atoms with Crippen molar-refractivity contribution in [3.8, 4) is 55.6 Å². The maximum Gasteiger partial charge on any atom is 0.0543 e. The molecule has 55 heavy (non-hydrogen) atoms. The standard InChI is InChI=1S/C54H43N/c1-53(2)47-26-16-28-50(51(47)45-34-31-39(35-48(45)53)42-23-15-24-44-43-22-11-13-25-46(43)54(3,4)52(42)44)55(40-32-29-37(30-33-40)36-17-7-5-8-18-36)49-27-14-12-21-41(49)38-19-9-6-10-20-38/h5-35H,1-4H3. The monoisotopic (exact) mass is 705 g/mol. The van der Waals surface area contributed by atoms with E-state index >= 15 is 0 Å². The Morgan fingerprint density at radius 3 is 1.64 bits per heavy atom. The normalized spacial score (nSPS) is 14.1. The third kappa shape index (κ3) is 5.14.